The lowest BCUT2D eigenvalue weighted by atomic mass is 10.0. The van der Waals surface area contributed by atoms with Crippen molar-refractivity contribution in [2.75, 3.05) is 18.4 Å². The number of anilines is 1. The number of nitrogens with zero attached hydrogens (tertiary/aromatic N) is 3. The van der Waals surface area contributed by atoms with E-state index in [-0.39, 0.29) is 5.54 Å². The summed E-state index contributed by atoms with van der Waals surface area (Å²) in [6, 6.07) is 2.06. The van der Waals surface area contributed by atoms with Gasteiger partial charge < -0.3 is 10.6 Å². The molecule has 0 aromatic carbocycles. The Morgan fingerprint density at radius 2 is 2.41 bits per heavy atom. The largest absolute Gasteiger partial charge is 0.362 e. The monoisotopic (exact) mass is 231 g/mol. The predicted octanol–water partition coefficient (Wildman–Crippen LogP) is 1.20. The van der Waals surface area contributed by atoms with Gasteiger partial charge in [0.05, 0.1) is 5.69 Å². The van der Waals surface area contributed by atoms with Crippen molar-refractivity contribution >= 4 is 11.3 Å². The van der Waals surface area contributed by atoms with Crippen LogP contribution in [0, 0.1) is 6.92 Å². The molecule has 90 valence electrons. The van der Waals surface area contributed by atoms with Gasteiger partial charge in [-0.2, -0.15) is 5.10 Å². The highest BCUT2D eigenvalue weighted by atomic mass is 15.2. The van der Waals surface area contributed by atoms with Crippen LogP contribution in [0.15, 0.2) is 18.5 Å². The molecular weight excluding hydrogens is 214 g/mol. The normalized spacial score (nSPS) is 24.4. The maximum Gasteiger partial charge on any atom is 0.152 e. The molecule has 1 unspecified atom stereocenters. The fourth-order valence-electron chi connectivity index (χ4n) is 2.35. The number of fused-ring (bicyclic) bond motifs is 1. The van der Waals surface area contributed by atoms with Crippen molar-refractivity contribution in [2.24, 2.45) is 0 Å². The summed E-state index contributed by atoms with van der Waals surface area (Å²) in [6.07, 6.45) is 4.78. The van der Waals surface area contributed by atoms with Crippen LogP contribution in [0.2, 0.25) is 0 Å². The first-order valence-electron chi connectivity index (χ1n) is 5.96. The Morgan fingerprint density at radius 3 is 3.18 bits per heavy atom. The lowest BCUT2D eigenvalue weighted by Gasteiger charge is -2.25. The SMILES string of the molecule is Cc1cc2c(NC3(C)CCNC3)nccn2n1. The first kappa shape index (κ1) is 10.5. The van der Waals surface area contributed by atoms with E-state index in [4.69, 9.17) is 0 Å². The second-order valence-electron chi connectivity index (χ2n) is 5.00. The van der Waals surface area contributed by atoms with Gasteiger partial charge in [0.15, 0.2) is 5.82 Å². The average molecular weight is 231 g/mol. The summed E-state index contributed by atoms with van der Waals surface area (Å²) in [5.41, 5.74) is 2.14. The number of hydrogen-bond acceptors (Lipinski definition) is 4. The third-order valence-corrected chi connectivity index (χ3v) is 3.30. The molecule has 0 aliphatic carbocycles. The molecule has 1 aliphatic rings. The molecule has 17 heavy (non-hydrogen) atoms. The molecule has 5 heteroatoms. The summed E-state index contributed by atoms with van der Waals surface area (Å²) in [7, 11) is 0. The number of rotatable bonds is 2. The van der Waals surface area contributed by atoms with E-state index in [0.717, 1.165) is 36.5 Å². The first-order valence-corrected chi connectivity index (χ1v) is 5.96. The van der Waals surface area contributed by atoms with Crippen LogP contribution in [0.5, 0.6) is 0 Å². The van der Waals surface area contributed by atoms with Crippen LogP contribution in [0.25, 0.3) is 5.52 Å². The number of aromatic nitrogens is 3. The Bertz CT molecular complexity index is 539. The summed E-state index contributed by atoms with van der Waals surface area (Å²) in [4.78, 5) is 4.43. The van der Waals surface area contributed by atoms with Crippen molar-refractivity contribution in [3.05, 3.63) is 24.2 Å². The third kappa shape index (κ3) is 1.86. The Labute approximate surface area is 100 Å². The Morgan fingerprint density at radius 1 is 1.53 bits per heavy atom. The molecule has 0 spiro atoms. The second-order valence-corrected chi connectivity index (χ2v) is 5.00. The van der Waals surface area contributed by atoms with Crippen molar-refractivity contribution in [3.63, 3.8) is 0 Å². The minimum Gasteiger partial charge on any atom is -0.362 e. The van der Waals surface area contributed by atoms with Crippen LogP contribution >= 0.6 is 0 Å². The standard InChI is InChI=1S/C12H17N5/c1-9-7-10-11(14-5-6-17(10)16-9)15-12(2)3-4-13-8-12/h5-7,13H,3-4,8H2,1-2H3,(H,14,15). The second kappa shape index (κ2) is 3.70. The molecule has 1 saturated heterocycles. The van der Waals surface area contributed by atoms with Crippen LogP contribution in [-0.4, -0.2) is 33.2 Å². The Hall–Kier alpha value is -1.62. The smallest absolute Gasteiger partial charge is 0.152 e. The van der Waals surface area contributed by atoms with E-state index in [0.29, 0.717) is 0 Å². The van der Waals surface area contributed by atoms with Gasteiger partial charge in [0.1, 0.15) is 5.52 Å². The van der Waals surface area contributed by atoms with Gasteiger partial charge >= 0.3 is 0 Å². The topological polar surface area (TPSA) is 54.2 Å². The number of hydrogen-bond donors (Lipinski definition) is 2. The zero-order valence-corrected chi connectivity index (χ0v) is 10.2. The molecule has 0 radical (unpaired) electrons. The molecule has 2 aromatic heterocycles. The van der Waals surface area contributed by atoms with Crippen LogP contribution in [0.4, 0.5) is 5.82 Å². The van der Waals surface area contributed by atoms with Crippen molar-refractivity contribution in [1.29, 1.82) is 0 Å². The van der Waals surface area contributed by atoms with Crippen LogP contribution < -0.4 is 10.6 Å². The fourth-order valence-corrected chi connectivity index (χ4v) is 2.35. The molecule has 1 aliphatic heterocycles. The molecule has 3 rings (SSSR count). The van der Waals surface area contributed by atoms with Gasteiger partial charge in [-0.15, -0.1) is 0 Å². The van der Waals surface area contributed by atoms with Crippen molar-refractivity contribution in [1.82, 2.24) is 19.9 Å². The third-order valence-electron chi connectivity index (χ3n) is 3.30. The molecule has 0 saturated carbocycles. The number of aryl methyl sites for hydroxylation is 1. The summed E-state index contributed by atoms with van der Waals surface area (Å²) in [6.45, 7) is 6.25. The average Bonchev–Trinajstić information content (AvgIpc) is 2.85. The summed E-state index contributed by atoms with van der Waals surface area (Å²) < 4.78 is 1.87. The lowest BCUT2D eigenvalue weighted by Crippen LogP contribution is -2.37. The van der Waals surface area contributed by atoms with Crippen LogP contribution in [0.3, 0.4) is 0 Å². The highest BCUT2D eigenvalue weighted by Crippen LogP contribution is 2.23. The summed E-state index contributed by atoms with van der Waals surface area (Å²) >= 11 is 0. The van der Waals surface area contributed by atoms with Crippen LogP contribution in [0.1, 0.15) is 19.0 Å². The van der Waals surface area contributed by atoms with Crippen molar-refractivity contribution in [2.45, 2.75) is 25.8 Å². The van der Waals surface area contributed by atoms with E-state index < -0.39 is 0 Å². The maximum absolute atomic E-state index is 4.43. The minimum atomic E-state index is 0.0903. The molecule has 1 fully saturated rings. The summed E-state index contributed by atoms with van der Waals surface area (Å²) in [5, 5.41) is 11.3. The van der Waals surface area contributed by atoms with Gasteiger partial charge in [-0.25, -0.2) is 9.50 Å². The van der Waals surface area contributed by atoms with E-state index >= 15 is 0 Å². The molecule has 2 N–H and O–H groups in total. The van der Waals surface area contributed by atoms with Gasteiger partial charge in [-0.1, -0.05) is 0 Å². The molecule has 3 heterocycles. The van der Waals surface area contributed by atoms with Gasteiger partial charge in [-0.05, 0) is 32.9 Å². The quantitative estimate of drug-likeness (QED) is 0.815. The Balaban J connectivity index is 1.99. The van der Waals surface area contributed by atoms with E-state index in [9.17, 15) is 0 Å². The van der Waals surface area contributed by atoms with Gasteiger partial charge in [0, 0.05) is 24.5 Å². The van der Waals surface area contributed by atoms with Gasteiger partial charge in [0.2, 0.25) is 0 Å². The van der Waals surface area contributed by atoms with Gasteiger partial charge in [-0.3, -0.25) is 0 Å². The van der Waals surface area contributed by atoms with Gasteiger partial charge in [0.25, 0.3) is 0 Å². The highest BCUT2D eigenvalue weighted by Gasteiger charge is 2.29. The van der Waals surface area contributed by atoms with Crippen LogP contribution in [-0.2, 0) is 0 Å². The van der Waals surface area contributed by atoms with E-state index in [2.05, 4.69) is 33.7 Å². The van der Waals surface area contributed by atoms with E-state index in [1.54, 1.807) is 6.20 Å². The van der Waals surface area contributed by atoms with Crippen molar-refractivity contribution < 1.29 is 0 Å². The highest BCUT2D eigenvalue weighted by molar-refractivity contribution is 5.68. The van der Waals surface area contributed by atoms with E-state index in [1.165, 1.54) is 0 Å². The first-order chi connectivity index (χ1) is 8.16. The molecule has 1 atom stereocenters. The van der Waals surface area contributed by atoms with Crippen molar-refractivity contribution in [3.8, 4) is 0 Å². The molecular formula is C12H17N5. The molecule has 0 bridgehead atoms. The summed E-state index contributed by atoms with van der Waals surface area (Å²) in [5.74, 6) is 0.916. The lowest BCUT2D eigenvalue weighted by molar-refractivity contribution is 0.564. The maximum atomic E-state index is 4.43. The molecule has 5 nitrogen and oxygen atoms in total. The molecule has 0 amide bonds. The van der Waals surface area contributed by atoms with E-state index in [1.807, 2.05) is 17.6 Å². The Kier molecular flexibility index (Phi) is 2.29. The zero-order chi connectivity index (χ0) is 11.9. The predicted molar refractivity (Wildman–Crippen MR) is 67.2 cm³/mol. The minimum absolute atomic E-state index is 0.0903. The zero-order valence-electron chi connectivity index (χ0n) is 10.2. The number of nitrogens with one attached hydrogen (secondary N) is 2. The molecule has 2 aromatic rings. The fraction of sp³-hybridized carbons (Fsp3) is 0.500.